The molecule has 1 fully saturated rings. The highest BCUT2D eigenvalue weighted by Crippen LogP contribution is 2.40. The van der Waals surface area contributed by atoms with Crippen LogP contribution in [0.4, 0.5) is 10.5 Å². The van der Waals surface area contributed by atoms with Crippen LogP contribution in [-0.2, 0) is 4.79 Å². The van der Waals surface area contributed by atoms with Crippen LogP contribution in [-0.4, -0.2) is 27.6 Å². The van der Waals surface area contributed by atoms with Crippen LogP contribution >= 0.6 is 0 Å². The van der Waals surface area contributed by atoms with Crippen LogP contribution in [0.2, 0.25) is 0 Å². The molecule has 1 aromatic heterocycles. The molecular weight excluding hydrogens is 310 g/mol. The Morgan fingerprint density at radius 2 is 2.12 bits per heavy atom. The first-order valence-electron chi connectivity index (χ1n) is 8.04. The number of amides is 2. The van der Waals surface area contributed by atoms with Gasteiger partial charge in [0.2, 0.25) is 0 Å². The standard InChI is InChI=1S/C17H21N3O4/c1-17(2,8-7-14(21)22)20-16(23)18-11-5-6-13-12(9-11)19-15(24-13)10-3-4-10/h5-6,9-10H,3-4,7-8H2,1-2H3,(H,21,22)(H2,18,20,23). The van der Waals surface area contributed by atoms with Gasteiger partial charge in [0.05, 0.1) is 0 Å². The number of aliphatic carboxylic acids is 1. The molecule has 2 amide bonds. The van der Waals surface area contributed by atoms with Crippen molar-refractivity contribution in [2.45, 2.75) is 51.0 Å². The molecule has 1 saturated carbocycles. The van der Waals surface area contributed by atoms with Gasteiger partial charge < -0.3 is 20.2 Å². The maximum absolute atomic E-state index is 12.1. The van der Waals surface area contributed by atoms with Crippen LogP contribution in [0.3, 0.4) is 0 Å². The minimum Gasteiger partial charge on any atom is -0.481 e. The van der Waals surface area contributed by atoms with Crippen LogP contribution in [0.5, 0.6) is 0 Å². The molecule has 7 heteroatoms. The zero-order valence-corrected chi connectivity index (χ0v) is 13.8. The van der Waals surface area contributed by atoms with E-state index < -0.39 is 11.5 Å². The molecule has 0 radical (unpaired) electrons. The summed E-state index contributed by atoms with van der Waals surface area (Å²) >= 11 is 0. The van der Waals surface area contributed by atoms with E-state index in [9.17, 15) is 9.59 Å². The van der Waals surface area contributed by atoms with Gasteiger partial charge in [-0.3, -0.25) is 4.79 Å². The van der Waals surface area contributed by atoms with Crippen molar-refractivity contribution < 1.29 is 19.1 Å². The Hall–Kier alpha value is -2.57. The molecule has 0 saturated heterocycles. The van der Waals surface area contributed by atoms with Gasteiger partial charge in [-0.1, -0.05) is 0 Å². The fourth-order valence-corrected chi connectivity index (χ4v) is 2.48. The van der Waals surface area contributed by atoms with Gasteiger partial charge in [-0.25, -0.2) is 9.78 Å². The van der Waals surface area contributed by atoms with Crippen LogP contribution in [0.25, 0.3) is 11.1 Å². The number of aromatic nitrogens is 1. The molecule has 1 aromatic carbocycles. The summed E-state index contributed by atoms with van der Waals surface area (Å²) in [5.41, 5.74) is 1.44. The second-order valence-corrected chi connectivity index (χ2v) is 6.87. The number of nitrogens with one attached hydrogen (secondary N) is 2. The van der Waals surface area contributed by atoms with E-state index >= 15 is 0 Å². The number of rotatable bonds is 6. The second-order valence-electron chi connectivity index (χ2n) is 6.87. The number of urea groups is 1. The molecule has 1 heterocycles. The summed E-state index contributed by atoms with van der Waals surface area (Å²) in [6.07, 6.45) is 2.59. The molecule has 0 bridgehead atoms. The highest BCUT2D eigenvalue weighted by Gasteiger charge is 2.29. The fourth-order valence-electron chi connectivity index (χ4n) is 2.48. The average molecular weight is 331 g/mol. The zero-order chi connectivity index (χ0) is 17.3. The van der Waals surface area contributed by atoms with Gasteiger partial charge in [-0.05, 0) is 51.3 Å². The Labute approximate surface area is 139 Å². The molecule has 0 spiro atoms. The van der Waals surface area contributed by atoms with E-state index in [1.165, 1.54) is 0 Å². The summed E-state index contributed by atoms with van der Waals surface area (Å²) in [6.45, 7) is 3.58. The molecule has 128 valence electrons. The van der Waals surface area contributed by atoms with E-state index in [0.29, 0.717) is 23.6 Å². The molecular formula is C17H21N3O4. The minimum atomic E-state index is -0.881. The van der Waals surface area contributed by atoms with E-state index in [1.807, 2.05) is 0 Å². The van der Waals surface area contributed by atoms with E-state index in [-0.39, 0.29) is 12.5 Å². The molecule has 2 aromatic rings. The SMILES string of the molecule is CC(C)(CCC(=O)O)NC(=O)Nc1ccc2oc(C3CC3)nc2c1. The molecule has 3 rings (SSSR count). The minimum absolute atomic E-state index is 0.00211. The number of anilines is 1. The number of oxazole rings is 1. The number of hydrogen-bond donors (Lipinski definition) is 3. The van der Waals surface area contributed by atoms with Crippen LogP contribution < -0.4 is 10.6 Å². The maximum Gasteiger partial charge on any atom is 0.319 e. The summed E-state index contributed by atoms with van der Waals surface area (Å²) in [5, 5.41) is 14.3. The van der Waals surface area contributed by atoms with Crippen LogP contribution in [0.15, 0.2) is 22.6 Å². The predicted octanol–water partition coefficient (Wildman–Crippen LogP) is 3.47. The van der Waals surface area contributed by atoms with Crippen molar-refractivity contribution in [3.05, 3.63) is 24.1 Å². The lowest BCUT2D eigenvalue weighted by Gasteiger charge is -2.25. The molecule has 0 aliphatic heterocycles. The topological polar surface area (TPSA) is 104 Å². The number of fused-ring (bicyclic) bond motifs is 1. The van der Waals surface area contributed by atoms with Gasteiger partial charge in [0, 0.05) is 23.6 Å². The van der Waals surface area contributed by atoms with Crippen molar-refractivity contribution in [1.29, 1.82) is 0 Å². The van der Waals surface area contributed by atoms with Crippen molar-refractivity contribution >= 4 is 28.8 Å². The number of carboxylic acid groups (broad SMARTS) is 1. The third kappa shape index (κ3) is 4.04. The number of nitrogens with zero attached hydrogens (tertiary/aromatic N) is 1. The van der Waals surface area contributed by atoms with Crippen molar-refractivity contribution in [1.82, 2.24) is 10.3 Å². The third-order valence-electron chi connectivity index (χ3n) is 4.00. The predicted molar refractivity (Wildman–Crippen MR) is 89.1 cm³/mol. The number of benzene rings is 1. The van der Waals surface area contributed by atoms with E-state index in [0.717, 1.165) is 24.2 Å². The van der Waals surface area contributed by atoms with Crippen molar-refractivity contribution in [3.63, 3.8) is 0 Å². The summed E-state index contributed by atoms with van der Waals surface area (Å²) < 4.78 is 5.69. The zero-order valence-electron chi connectivity index (χ0n) is 13.8. The summed E-state index contributed by atoms with van der Waals surface area (Å²) in [7, 11) is 0. The smallest absolute Gasteiger partial charge is 0.319 e. The Morgan fingerprint density at radius 1 is 1.38 bits per heavy atom. The van der Waals surface area contributed by atoms with E-state index in [2.05, 4.69) is 15.6 Å². The summed E-state index contributed by atoms with van der Waals surface area (Å²) in [4.78, 5) is 27.2. The molecule has 1 aliphatic carbocycles. The normalized spacial score (nSPS) is 14.6. The highest BCUT2D eigenvalue weighted by molar-refractivity contribution is 5.92. The quantitative estimate of drug-likeness (QED) is 0.752. The van der Waals surface area contributed by atoms with Gasteiger partial charge >= 0.3 is 12.0 Å². The van der Waals surface area contributed by atoms with Gasteiger partial charge in [0.1, 0.15) is 5.52 Å². The summed E-state index contributed by atoms with van der Waals surface area (Å²) in [5.74, 6) is 0.321. The lowest BCUT2D eigenvalue weighted by Crippen LogP contribution is -2.45. The third-order valence-corrected chi connectivity index (χ3v) is 4.00. The Morgan fingerprint density at radius 3 is 2.79 bits per heavy atom. The largest absolute Gasteiger partial charge is 0.481 e. The average Bonchev–Trinajstić information content (AvgIpc) is 3.24. The number of hydrogen-bond acceptors (Lipinski definition) is 4. The molecule has 0 atom stereocenters. The number of carbonyl (C=O) groups excluding carboxylic acids is 1. The Bertz CT molecular complexity index is 777. The van der Waals surface area contributed by atoms with Crippen molar-refractivity contribution in [2.24, 2.45) is 0 Å². The number of carbonyl (C=O) groups is 2. The van der Waals surface area contributed by atoms with Gasteiger partial charge in [-0.2, -0.15) is 0 Å². The lowest BCUT2D eigenvalue weighted by atomic mass is 9.99. The Balaban J connectivity index is 1.63. The molecule has 3 N–H and O–H groups in total. The Kier molecular flexibility index (Phi) is 4.17. The maximum atomic E-state index is 12.1. The van der Waals surface area contributed by atoms with Gasteiger partial charge in [0.15, 0.2) is 11.5 Å². The second kappa shape index (κ2) is 6.14. The van der Waals surface area contributed by atoms with Crippen LogP contribution in [0.1, 0.15) is 51.3 Å². The first-order chi connectivity index (χ1) is 11.3. The van der Waals surface area contributed by atoms with Gasteiger partial charge in [0.25, 0.3) is 0 Å². The molecule has 0 unspecified atom stereocenters. The molecule has 24 heavy (non-hydrogen) atoms. The first kappa shape index (κ1) is 16.3. The van der Waals surface area contributed by atoms with Crippen molar-refractivity contribution in [3.8, 4) is 0 Å². The fraction of sp³-hybridized carbons (Fsp3) is 0.471. The highest BCUT2D eigenvalue weighted by atomic mass is 16.4. The molecule has 7 nitrogen and oxygen atoms in total. The number of carboxylic acids is 1. The first-order valence-corrected chi connectivity index (χ1v) is 8.04. The monoisotopic (exact) mass is 331 g/mol. The van der Waals surface area contributed by atoms with E-state index in [1.54, 1.807) is 32.0 Å². The van der Waals surface area contributed by atoms with Crippen LogP contribution in [0, 0.1) is 0 Å². The molecule has 1 aliphatic rings. The summed E-state index contributed by atoms with van der Waals surface area (Å²) in [6, 6.07) is 4.94. The van der Waals surface area contributed by atoms with Crippen molar-refractivity contribution in [2.75, 3.05) is 5.32 Å². The lowest BCUT2D eigenvalue weighted by molar-refractivity contribution is -0.137. The van der Waals surface area contributed by atoms with E-state index in [4.69, 9.17) is 9.52 Å². The van der Waals surface area contributed by atoms with Gasteiger partial charge in [-0.15, -0.1) is 0 Å².